The summed E-state index contributed by atoms with van der Waals surface area (Å²) in [6.45, 7) is 5.42. The molecule has 1 heterocycles. The maximum absolute atomic E-state index is 11.3. The number of carbonyl (C=O) groups is 1. The van der Waals surface area contributed by atoms with Gasteiger partial charge in [0.1, 0.15) is 0 Å². The minimum atomic E-state index is -0.444. The number of aromatic amines is 1. The van der Waals surface area contributed by atoms with Crippen LogP contribution in [0.5, 0.6) is 0 Å². The highest BCUT2D eigenvalue weighted by atomic mass is 16.2. The number of aromatic nitrogens is 4. The Hall–Kier alpha value is -1.46. The molecule has 0 aliphatic heterocycles. The first kappa shape index (κ1) is 8.63. The van der Waals surface area contributed by atoms with E-state index >= 15 is 0 Å². The molecule has 6 heteroatoms. The quantitative estimate of drug-likeness (QED) is 0.628. The molecule has 0 unspecified atom stereocenters. The highest BCUT2D eigenvalue weighted by Gasteiger charge is 2.22. The maximum atomic E-state index is 11.3. The number of hydrogen-bond acceptors (Lipinski definition) is 4. The van der Waals surface area contributed by atoms with Crippen molar-refractivity contribution < 1.29 is 4.79 Å². The lowest BCUT2D eigenvalue weighted by molar-refractivity contribution is -0.123. The Labute approximate surface area is 69.7 Å². The van der Waals surface area contributed by atoms with Crippen molar-refractivity contribution in [1.82, 2.24) is 20.6 Å². The van der Waals surface area contributed by atoms with E-state index in [9.17, 15) is 4.79 Å². The molecule has 0 spiro atoms. The van der Waals surface area contributed by atoms with Crippen molar-refractivity contribution in [2.75, 3.05) is 5.32 Å². The number of nitrogens with zero attached hydrogens (tertiary/aromatic N) is 3. The first-order valence-corrected chi connectivity index (χ1v) is 3.55. The van der Waals surface area contributed by atoms with Crippen LogP contribution in [0.1, 0.15) is 20.8 Å². The number of carbonyl (C=O) groups excluding carboxylic acids is 1. The molecule has 1 amide bonds. The lowest BCUT2D eigenvalue weighted by atomic mass is 9.96. The number of nitrogens with one attached hydrogen (secondary N) is 2. The van der Waals surface area contributed by atoms with Crippen LogP contribution in [0.15, 0.2) is 0 Å². The van der Waals surface area contributed by atoms with Crippen LogP contribution >= 0.6 is 0 Å². The number of H-pyrrole nitrogens is 1. The van der Waals surface area contributed by atoms with Gasteiger partial charge in [-0.15, -0.1) is 5.10 Å². The first-order valence-electron chi connectivity index (χ1n) is 3.55. The topological polar surface area (TPSA) is 83.6 Å². The van der Waals surface area contributed by atoms with E-state index in [0.717, 1.165) is 0 Å². The Bertz CT molecular complexity index is 260. The lowest BCUT2D eigenvalue weighted by Crippen LogP contribution is -2.28. The first-order chi connectivity index (χ1) is 5.50. The standard InChI is InChI=1S/C6H11N5O/c1-6(2,3)4(12)7-5-8-10-11-9-5/h1-3H3,(H2,7,8,9,10,11,12). The van der Waals surface area contributed by atoms with E-state index in [-0.39, 0.29) is 11.9 Å². The Balaban J connectivity index is 2.60. The molecule has 0 fully saturated rings. The van der Waals surface area contributed by atoms with Gasteiger partial charge < -0.3 is 0 Å². The van der Waals surface area contributed by atoms with Crippen LogP contribution in [-0.4, -0.2) is 26.5 Å². The van der Waals surface area contributed by atoms with Crippen molar-refractivity contribution >= 4 is 11.9 Å². The third-order valence-corrected chi connectivity index (χ3v) is 1.25. The molecule has 0 radical (unpaired) electrons. The summed E-state index contributed by atoms with van der Waals surface area (Å²) < 4.78 is 0. The van der Waals surface area contributed by atoms with E-state index < -0.39 is 5.41 Å². The highest BCUT2D eigenvalue weighted by molar-refractivity contribution is 5.92. The number of hydrogen-bond donors (Lipinski definition) is 2. The predicted octanol–water partition coefficient (Wildman–Crippen LogP) is 0.184. The largest absolute Gasteiger partial charge is 0.291 e. The van der Waals surface area contributed by atoms with Gasteiger partial charge in [0.15, 0.2) is 0 Å². The van der Waals surface area contributed by atoms with E-state index in [1.165, 1.54) is 0 Å². The molecular formula is C6H11N5O. The van der Waals surface area contributed by atoms with Gasteiger partial charge in [-0.05, 0) is 5.21 Å². The average molecular weight is 169 g/mol. The number of tetrazole rings is 1. The maximum Gasteiger partial charge on any atom is 0.269 e. The summed E-state index contributed by atoms with van der Waals surface area (Å²) in [7, 11) is 0. The van der Waals surface area contributed by atoms with Crippen molar-refractivity contribution in [3.8, 4) is 0 Å². The summed E-state index contributed by atoms with van der Waals surface area (Å²) in [5.74, 6) is 0.0684. The van der Waals surface area contributed by atoms with Crippen LogP contribution in [0.3, 0.4) is 0 Å². The van der Waals surface area contributed by atoms with Crippen molar-refractivity contribution in [2.45, 2.75) is 20.8 Å². The summed E-state index contributed by atoms with van der Waals surface area (Å²) in [5.41, 5.74) is -0.444. The summed E-state index contributed by atoms with van der Waals surface area (Å²) in [6.07, 6.45) is 0. The van der Waals surface area contributed by atoms with Gasteiger partial charge >= 0.3 is 0 Å². The average Bonchev–Trinajstić information content (AvgIpc) is 2.37. The van der Waals surface area contributed by atoms with Gasteiger partial charge in [0.2, 0.25) is 5.91 Å². The molecule has 1 aromatic rings. The van der Waals surface area contributed by atoms with Crippen LogP contribution in [0.4, 0.5) is 5.95 Å². The smallest absolute Gasteiger partial charge is 0.269 e. The molecule has 0 saturated carbocycles. The van der Waals surface area contributed by atoms with Gasteiger partial charge in [-0.25, -0.2) is 0 Å². The molecule has 1 aromatic heterocycles. The van der Waals surface area contributed by atoms with Crippen molar-refractivity contribution in [1.29, 1.82) is 0 Å². The van der Waals surface area contributed by atoms with E-state index in [4.69, 9.17) is 0 Å². The molecule has 66 valence electrons. The highest BCUT2D eigenvalue weighted by Crippen LogP contribution is 2.14. The summed E-state index contributed by atoms with van der Waals surface area (Å²) >= 11 is 0. The molecule has 2 N–H and O–H groups in total. The van der Waals surface area contributed by atoms with E-state index in [1.54, 1.807) is 0 Å². The van der Waals surface area contributed by atoms with Gasteiger partial charge in [-0.1, -0.05) is 25.9 Å². The van der Waals surface area contributed by atoms with Gasteiger partial charge in [0.25, 0.3) is 5.95 Å². The molecule has 0 aliphatic rings. The van der Waals surface area contributed by atoms with Gasteiger partial charge in [-0.3, -0.25) is 10.1 Å². The number of amides is 1. The SMILES string of the molecule is CC(C)(C)C(=O)Nc1nn[nH]n1. The Kier molecular flexibility index (Phi) is 2.07. The molecule has 12 heavy (non-hydrogen) atoms. The molecule has 0 saturated heterocycles. The molecule has 0 aromatic carbocycles. The van der Waals surface area contributed by atoms with Crippen LogP contribution in [0, 0.1) is 5.41 Å². The zero-order valence-electron chi connectivity index (χ0n) is 7.25. The molecule has 6 nitrogen and oxygen atoms in total. The van der Waals surface area contributed by atoms with E-state index in [1.807, 2.05) is 20.8 Å². The third kappa shape index (κ3) is 2.01. The molecular weight excluding hydrogens is 158 g/mol. The van der Waals surface area contributed by atoms with Crippen LogP contribution in [0.2, 0.25) is 0 Å². The fraction of sp³-hybridized carbons (Fsp3) is 0.667. The van der Waals surface area contributed by atoms with Gasteiger partial charge in [0.05, 0.1) is 0 Å². The molecule has 1 rings (SSSR count). The van der Waals surface area contributed by atoms with Crippen LogP contribution in [0.25, 0.3) is 0 Å². The van der Waals surface area contributed by atoms with E-state index in [2.05, 4.69) is 25.9 Å². The van der Waals surface area contributed by atoms with Crippen molar-refractivity contribution in [3.05, 3.63) is 0 Å². The van der Waals surface area contributed by atoms with Crippen LogP contribution in [-0.2, 0) is 4.79 Å². The number of anilines is 1. The molecule has 0 bridgehead atoms. The predicted molar refractivity (Wildman–Crippen MR) is 42.3 cm³/mol. The van der Waals surface area contributed by atoms with Crippen LogP contribution < -0.4 is 5.32 Å². The second-order valence-corrected chi connectivity index (χ2v) is 3.44. The fourth-order valence-electron chi connectivity index (χ4n) is 0.504. The molecule has 0 atom stereocenters. The summed E-state index contributed by atoms with van der Waals surface area (Å²) in [4.78, 5) is 11.3. The van der Waals surface area contributed by atoms with Gasteiger partial charge in [0, 0.05) is 5.41 Å². The summed E-state index contributed by atoms with van der Waals surface area (Å²) in [6, 6.07) is 0. The monoisotopic (exact) mass is 169 g/mol. The second kappa shape index (κ2) is 2.88. The zero-order chi connectivity index (χ0) is 9.19. The second-order valence-electron chi connectivity index (χ2n) is 3.44. The lowest BCUT2D eigenvalue weighted by Gasteiger charge is -2.15. The van der Waals surface area contributed by atoms with Gasteiger partial charge in [-0.2, -0.15) is 5.21 Å². The fourth-order valence-corrected chi connectivity index (χ4v) is 0.504. The Morgan fingerprint density at radius 1 is 1.50 bits per heavy atom. The van der Waals surface area contributed by atoms with E-state index in [0.29, 0.717) is 0 Å². The van der Waals surface area contributed by atoms with Crippen molar-refractivity contribution in [3.63, 3.8) is 0 Å². The third-order valence-electron chi connectivity index (χ3n) is 1.25. The summed E-state index contributed by atoms with van der Waals surface area (Å²) in [5, 5.41) is 15.2. The normalized spacial score (nSPS) is 11.2. The molecule has 0 aliphatic carbocycles. The Morgan fingerprint density at radius 2 is 2.17 bits per heavy atom. The zero-order valence-corrected chi connectivity index (χ0v) is 7.25. The minimum Gasteiger partial charge on any atom is -0.291 e. The number of rotatable bonds is 1. The van der Waals surface area contributed by atoms with Crippen molar-refractivity contribution in [2.24, 2.45) is 5.41 Å². The minimum absolute atomic E-state index is 0.135. The Morgan fingerprint density at radius 3 is 2.58 bits per heavy atom.